The number of nitrogens with one attached hydrogen (secondary N) is 2. The Morgan fingerprint density at radius 3 is 2.58 bits per heavy atom. The molecule has 1 heterocycles. The van der Waals surface area contributed by atoms with E-state index in [9.17, 15) is 0 Å². The summed E-state index contributed by atoms with van der Waals surface area (Å²) in [6, 6.07) is 8.44. The highest BCUT2D eigenvalue weighted by Gasteiger charge is 2.13. The van der Waals surface area contributed by atoms with Crippen LogP contribution in [0.25, 0.3) is 0 Å². The maximum absolute atomic E-state index is 4.51. The van der Waals surface area contributed by atoms with Gasteiger partial charge in [-0.2, -0.15) is 10.1 Å². The lowest BCUT2D eigenvalue weighted by Gasteiger charge is -2.19. The van der Waals surface area contributed by atoms with E-state index in [0.29, 0.717) is 11.8 Å². The summed E-state index contributed by atoms with van der Waals surface area (Å²) in [7, 11) is 0. The zero-order valence-electron chi connectivity index (χ0n) is 16.0. The molecule has 0 radical (unpaired) electrons. The van der Waals surface area contributed by atoms with Crippen LogP contribution in [0.2, 0.25) is 0 Å². The SMILES string of the molecule is CC(C)(C)c1ccc(Nc2cnnc(NCCC3=CCCCC3)n2)cc1. The number of allylic oxidation sites excluding steroid dienone is 1. The third kappa shape index (κ3) is 5.28. The Balaban J connectivity index is 1.56. The molecule has 1 aliphatic carbocycles. The molecule has 138 valence electrons. The monoisotopic (exact) mass is 351 g/mol. The Kier molecular flexibility index (Phi) is 5.86. The number of benzene rings is 1. The molecule has 3 rings (SSSR count). The number of nitrogens with zero attached hydrogens (tertiary/aromatic N) is 3. The molecular formula is C21H29N5. The van der Waals surface area contributed by atoms with Crippen molar-refractivity contribution in [1.29, 1.82) is 0 Å². The third-order valence-corrected chi connectivity index (χ3v) is 4.70. The molecule has 0 atom stereocenters. The first-order chi connectivity index (χ1) is 12.5. The molecule has 0 unspecified atom stereocenters. The quantitative estimate of drug-likeness (QED) is 0.699. The molecule has 2 aromatic rings. The van der Waals surface area contributed by atoms with Crippen LogP contribution in [0.5, 0.6) is 0 Å². The Bertz CT molecular complexity index is 744. The van der Waals surface area contributed by atoms with Crippen LogP contribution in [0, 0.1) is 0 Å². The molecule has 0 spiro atoms. The number of rotatable bonds is 6. The van der Waals surface area contributed by atoms with E-state index in [4.69, 9.17) is 0 Å². The van der Waals surface area contributed by atoms with Gasteiger partial charge in [0.1, 0.15) is 0 Å². The largest absolute Gasteiger partial charge is 0.353 e. The number of aromatic nitrogens is 3. The zero-order chi connectivity index (χ0) is 18.4. The second-order valence-corrected chi connectivity index (χ2v) is 7.90. The molecule has 0 saturated carbocycles. The van der Waals surface area contributed by atoms with Crippen LogP contribution in [0.4, 0.5) is 17.5 Å². The van der Waals surface area contributed by atoms with Gasteiger partial charge in [-0.25, -0.2) is 0 Å². The average Bonchev–Trinajstić information content (AvgIpc) is 2.63. The van der Waals surface area contributed by atoms with Crippen LogP contribution in [0.1, 0.15) is 58.4 Å². The van der Waals surface area contributed by atoms with Gasteiger partial charge in [0.15, 0.2) is 5.82 Å². The standard InChI is InChI=1S/C21H29N5/c1-21(2,3)17-9-11-18(12-10-17)24-19-15-23-26-20(25-19)22-14-13-16-7-5-4-6-8-16/h7,9-12,15H,4-6,8,13-14H2,1-3H3,(H2,22,24,25,26). The van der Waals surface area contributed by atoms with E-state index in [1.807, 2.05) is 0 Å². The molecule has 0 saturated heterocycles. The minimum atomic E-state index is 0.153. The van der Waals surface area contributed by atoms with Gasteiger partial charge in [0.05, 0.1) is 6.20 Å². The van der Waals surface area contributed by atoms with E-state index in [1.54, 1.807) is 11.8 Å². The van der Waals surface area contributed by atoms with Gasteiger partial charge >= 0.3 is 0 Å². The summed E-state index contributed by atoms with van der Waals surface area (Å²) < 4.78 is 0. The summed E-state index contributed by atoms with van der Waals surface area (Å²) in [5.74, 6) is 1.26. The zero-order valence-corrected chi connectivity index (χ0v) is 16.0. The van der Waals surface area contributed by atoms with Gasteiger partial charge in [0, 0.05) is 12.2 Å². The molecule has 26 heavy (non-hydrogen) atoms. The summed E-state index contributed by atoms with van der Waals surface area (Å²) >= 11 is 0. The van der Waals surface area contributed by atoms with E-state index in [1.165, 1.54) is 31.2 Å². The molecule has 0 aliphatic heterocycles. The fourth-order valence-corrected chi connectivity index (χ4v) is 3.11. The van der Waals surface area contributed by atoms with Crippen molar-refractivity contribution < 1.29 is 0 Å². The van der Waals surface area contributed by atoms with Gasteiger partial charge < -0.3 is 10.6 Å². The predicted molar refractivity (Wildman–Crippen MR) is 108 cm³/mol. The Morgan fingerprint density at radius 2 is 1.88 bits per heavy atom. The van der Waals surface area contributed by atoms with Gasteiger partial charge in [0.2, 0.25) is 5.95 Å². The van der Waals surface area contributed by atoms with E-state index in [2.05, 4.69) is 76.9 Å². The number of anilines is 3. The molecule has 5 heteroatoms. The Hall–Kier alpha value is -2.43. The normalized spacial score (nSPS) is 14.7. The van der Waals surface area contributed by atoms with Crippen molar-refractivity contribution in [3.8, 4) is 0 Å². The maximum Gasteiger partial charge on any atom is 0.244 e. The van der Waals surface area contributed by atoms with Crippen molar-refractivity contribution in [2.75, 3.05) is 17.2 Å². The minimum Gasteiger partial charge on any atom is -0.353 e. The molecule has 2 N–H and O–H groups in total. The molecule has 0 bridgehead atoms. The summed E-state index contributed by atoms with van der Waals surface area (Å²) in [5.41, 5.74) is 4.00. The smallest absolute Gasteiger partial charge is 0.244 e. The summed E-state index contributed by atoms with van der Waals surface area (Å²) in [4.78, 5) is 4.51. The lowest BCUT2D eigenvalue weighted by Crippen LogP contribution is -2.11. The van der Waals surface area contributed by atoms with Crippen molar-refractivity contribution in [1.82, 2.24) is 15.2 Å². The first-order valence-electron chi connectivity index (χ1n) is 9.50. The van der Waals surface area contributed by atoms with Crippen molar-refractivity contribution in [2.24, 2.45) is 0 Å². The fourth-order valence-electron chi connectivity index (χ4n) is 3.11. The van der Waals surface area contributed by atoms with Crippen LogP contribution in [0.15, 0.2) is 42.1 Å². The Labute approximate surface area is 156 Å². The Morgan fingerprint density at radius 1 is 1.08 bits per heavy atom. The second-order valence-electron chi connectivity index (χ2n) is 7.90. The van der Waals surface area contributed by atoms with E-state index in [-0.39, 0.29) is 5.41 Å². The maximum atomic E-state index is 4.51. The average molecular weight is 351 g/mol. The van der Waals surface area contributed by atoms with Crippen LogP contribution in [0.3, 0.4) is 0 Å². The topological polar surface area (TPSA) is 62.7 Å². The van der Waals surface area contributed by atoms with Gasteiger partial charge in [0.25, 0.3) is 0 Å². The van der Waals surface area contributed by atoms with Crippen molar-refractivity contribution in [2.45, 2.75) is 58.3 Å². The van der Waals surface area contributed by atoms with Crippen LogP contribution >= 0.6 is 0 Å². The van der Waals surface area contributed by atoms with Gasteiger partial charge in [-0.15, -0.1) is 5.10 Å². The summed E-state index contributed by atoms with van der Waals surface area (Å²) in [6.07, 6.45) is 10.2. The molecule has 5 nitrogen and oxygen atoms in total. The van der Waals surface area contributed by atoms with Crippen molar-refractivity contribution in [3.05, 3.63) is 47.7 Å². The molecule has 1 aromatic carbocycles. The van der Waals surface area contributed by atoms with Gasteiger partial charge in [-0.3, -0.25) is 0 Å². The predicted octanol–water partition coefficient (Wildman–Crippen LogP) is 5.22. The molecule has 0 fully saturated rings. The second kappa shape index (κ2) is 8.30. The van der Waals surface area contributed by atoms with Gasteiger partial charge in [-0.1, -0.05) is 44.6 Å². The first-order valence-corrected chi connectivity index (χ1v) is 9.50. The van der Waals surface area contributed by atoms with E-state index < -0.39 is 0 Å². The lowest BCUT2D eigenvalue weighted by atomic mass is 9.87. The highest BCUT2D eigenvalue weighted by Crippen LogP contribution is 2.24. The minimum absolute atomic E-state index is 0.153. The number of hydrogen-bond acceptors (Lipinski definition) is 5. The highest BCUT2D eigenvalue weighted by molar-refractivity contribution is 5.56. The fraction of sp³-hybridized carbons (Fsp3) is 0.476. The molecule has 1 aliphatic rings. The van der Waals surface area contributed by atoms with Crippen LogP contribution in [-0.2, 0) is 5.41 Å². The third-order valence-electron chi connectivity index (χ3n) is 4.70. The van der Waals surface area contributed by atoms with Crippen molar-refractivity contribution in [3.63, 3.8) is 0 Å². The van der Waals surface area contributed by atoms with Crippen LogP contribution < -0.4 is 10.6 Å². The van der Waals surface area contributed by atoms with Crippen LogP contribution in [-0.4, -0.2) is 21.7 Å². The van der Waals surface area contributed by atoms with E-state index in [0.717, 1.165) is 18.7 Å². The summed E-state index contributed by atoms with van der Waals surface area (Å²) in [5, 5.41) is 14.7. The highest BCUT2D eigenvalue weighted by atomic mass is 15.3. The molecule has 1 aromatic heterocycles. The number of hydrogen-bond donors (Lipinski definition) is 2. The first kappa shape index (κ1) is 18.4. The lowest BCUT2D eigenvalue weighted by molar-refractivity contribution is 0.590. The molecule has 0 amide bonds. The molecular weight excluding hydrogens is 322 g/mol. The van der Waals surface area contributed by atoms with Crippen molar-refractivity contribution >= 4 is 17.5 Å². The van der Waals surface area contributed by atoms with Gasteiger partial charge in [-0.05, 0) is 55.2 Å². The van der Waals surface area contributed by atoms with E-state index >= 15 is 0 Å². The summed E-state index contributed by atoms with van der Waals surface area (Å²) in [6.45, 7) is 7.48.